The SMILES string of the molecule is O=C(/C=C/c1ccccc1)N1CCO[C@@H](c2ccccc2)C1. The first kappa shape index (κ1) is 14.5. The van der Waals surface area contributed by atoms with Crippen molar-refractivity contribution in [3.05, 3.63) is 77.9 Å². The first-order chi connectivity index (χ1) is 10.8. The van der Waals surface area contributed by atoms with Crippen LogP contribution < -0.4 is 0 Å². The fourth-order valence-corrected chi connectivity index (χ4v) is 2.56. The molecule has 1 heterocycles. The van der Waals surface area contributed by atoms with Gasteiger partial charge in [-0.2, -0.15) is 0 Å². The smallest absolute Gasteiger partial charge is 0.246 e. The van der Waals surface area contributed by atoms with Gasteiger partial charge in [-0.05, 0) is 17.2 Å². The van der Waals surface area contributed by atoms with Crippen LogP contribution >= 0.6 is 0 Å². The van der Waals surface area contributed by atoms with Crippen LogP contribution in [0.1, 0.15) is 17.2 Å². The van der Waals surface area contributed by atoms with Crippen LogP contribution in [0.3, 0.4) is 0 Å². The second-order valence-corrected chi connectivity index (χ2v) is 5.30. The number of ether oxygens (including phenoxy) is 1. The molecule has 22 heavy (non-hydrogen) atoms. The Morgan fingerprint density at radius 1 is 1.05 bits per heavy atom. The molecule has 0 spiro atoms. The molecule has 1 aliphatic rings. The number of hydrogen-bond acceptors (Lipinski definition) is 2. The first-order valence-corrected chi connectivity index (χ1v) is 7.51. The number of hydrogen-bond donors (Lipinski definition) is 0. The number of morpholine rings is 1. The molecule has 0 aromatic heterocycles. The number of benzene rings is 2. The minimum atomic E-state index is -0.0379. The van der Waals surface area contributed by atoms with Gasteiger partial charge in [0.2, 0.25) is 5.91 Å². The summed E-state index contributed by atoms with van der Waals surface area (Å²) < 4.78 is 5.79. The van der Waals surface area contributed by atoms with Crippen LogP contribution in [-0.4, -0.2) is 30.5 Å². The second kappa shape index (κ2) is 7.05. The molecular weight excluding hydrogens is 274 g/mol. The van der Waals surface area contributed by atoms with Gasteiger partial charge < -0.3 is 9.64 Å². The molecule has 112 valence electrons. The topological polar surface area (TPSA) is 29.5 Å². The number of carbonyl (C=O) groups is 1. The van der Waals surface area contributed by atoms with Crippen LogP contribution in [-0.2, 0) is 9.53 Å². The maximum atomic E-state index is 12.3. The predicted molar refractivity (Wildman–Crippen MR) is 87.2 cm³/mol. The molecule has 1 aliphatic heterocycles. The van der Waals surface area contributed by atoms with Crippen LogP contribution in [0.25, 0.3) is 6.08 Å². The molecule has 0 bridgehead atoms. The highest BCUT2D eigenvalue weighted by Gasteiger charge is 2.23. The lowest BCUT2D eigenvalue weighted by Gasteiger charge is -2.32. The fraction of sp³-hybridized carbons (Fsp3) is 0.211. The number of carbonyl (C=O) groups excluding carboxylic acids is 1. The van der Waals surface area contributed by atoms with Crippen molar-refractivity contribution in [1.29, 1.82) is 0 Å². The number of amides is 1. The minimum absolute atomic E-state index is 0.0353. The van der Waals surface area contributed by atoms with E-state index in [1.54, 1.807) is 6.08 Å². The van der Waals surface area contributed by atoms with E-state index >= 15 is 0 Å². The molecule has 1 fully saturated rings. The summed E-state index contributed by atoms with van der Waals surface area (Å²) in [5.41, 5.74) is 2.15. The molecule has 0 unspecified atom stereocenters. The van der Waals surface area contributed by atoms with Gasteiger partial charge in [0.05, 0.1) is 13.2 Å². The van der Waals surface area contributed by atoms with Crippen molar-refractivity contribution in [1.82, 2.24) is 4.90 Å². The van der Waals surface area contributed by atoms with Gasteiger partial charge >= 0.3 is 0 Å². The Kier molecular flexibility index (Phi) is 4.66. The predicted octanol–water partition coefficient (Wildman–Crippen LogP) is 3.30. The second-order valence-electron chi connectivity index (χ2n) is 5.30. The van der Waals surface area contributed by atoms with Crippen LogP contribution in [0.5, 0.6) is 0 Å². The third-order valence-electron chi connectivity index (χ3n) is 3.77. The monoisotopic (exact) mass is 293 g/mol. The molecule has 1 amide bonds. The van der Waals surface area contributed by atoms with Gasteiger partial charge in [0.15, 0.2) is 0 Å². The highest BCUT2D eigenvalue weighted by Crippen LogP contribution is 2.22. The largest absolute Gasteiger partial charge is 0.370 e. The Hall–Kier alpha value is -2.39. The minimum Gasteiger partial charge on any atom is -0.370 e. The van der Waals surface area contributed by atoms with Crippen LogP contribution in [0.4, 0.5) is 0 Å². The molecule has 0 radical (unpaired) electrons. The highest BCUT2D eigenvalue weighted by molar-refractivity contribution is 5.91. The zero-order valence-electron chi connectivity index (χ0n) is 12.4. The van der Waals surface area contributed by atoms with Gasteiger partial charge in [-0.1, -0.05) is 60.7 Å². The van der Waals surface area contributed by atoms with E-state index in [9.17, 15) is 4.79 Å². The molecule has 1 atom stereocenters. The summed E-state index contributed by atoms with van der Waals surface area (Å²) in [7, 11) is 0. The van der Waals surface area contributed by atoms with Crippen molar-refractivity contribution in [3.63, 3.8) is 0 Å². The molecule has 0 saturated carbocycles. The summed E-state index contributed by atoms with van der Waals surface area (Å²) in [4.78, 5) is 14.2. The van der Waals surface area contributed by atoms with Crippen molar-refractivity contribution in [3.8, 4) is 0 Å². The molecule has 2 aromatic rings. The van der Waals surface area contributed by atoms with E-state index in [2.05, 4.69) is 0 Å². The number of nitrogens with zero attached hydrogens (tertiary/aromatic N) is 1. The van der Waals surface area contributed by atoms with Crippen molar-refractivity contribution >= 4 is 12.0 Å². The molecular formula is C19H19NO2. The normalized spacial score (nSPS) is 18.5. The van der Waals surface area contributed by atoms with E-state index in [1.165, 1.54) is 0 Å². The average molecular weight is 293 g/mol. The maximum Gasteiger partial charge on any atom is 0.246 e. The van der Waals surface area contributed by atoms with E-state index in [0.29, 0.717) is 19.7 Å². The van der Waals surface area contributed by atoms with Crippen LogP contribution in [0, 0.1) is 0 Å². The van der Waals surface area contributed by atoms with Gasteiger partial charge in [0.25, 0.3) is 0 Å². The summed E-state index contributed by atoms with van der Waals surface area (Å²) in [6.07, 6.45) is 3.46. The molecule has 3 nitrogen and oxygen atoms in total. The Morgan fingerprint density at radius 3 is 2.45 bits per heavy atom. The lowest BCUT2D eigenvalue weighted by Crippen LogP contribution is -2.41. The van der Waals surface area contributed by atoms with E-state index in [4.69, 9.17) is 4.74 Å². The summed E-state index contributed by atoms with van der Waals surface area (Å²) in [6, 6.07) is 19.9. The van der Waals surface area contributed by atoms with E-state index in [1.807, 2.05) is 71.6 Å². The Labute approximate surface area is 130 Å². The third-order valence-corrected chi connectivity index (χ3v) is 3.77. The molecule has 0 aliphatic carbocycles. The summed E-state index contributed by atoms with van der Waals surface area (Å²) in [5, 5.41) is 0. The molecule has 3 rings (SSSR count). The van der Waals surface area contributed by atoms with Crippen molar-refractivity contribution in [2.75, 3.05) is 19.7 Å². The van der Waals surface area contributed by atoms with E-state index in [-0.39, 0.29) is 12.0 Å². The molecule has 3 heteroatoms. The molecule has 0 N–H and O–H groups in total. The van der Waals surface area contributed by atoms with Crippen LogP contribution in [0.15, 0.2) is 66.7 Å². The van der Waals surface area contributed by atoms with E-state index < -0.39 is 0 Å². The van der Waals surface area contributed by atoms with Gasteiger partial charge in [-0.3, -0.25) is 4.79 Å². The van der Waals surface area contributed by atoms with Crippen molar-refractivity contribution in [2.24, 2.45) is 0 Å². The quantitative estimate of drug-likeness (QED) is 0.813. The van der Waals surface area contributed by atoms with Crippen LogP contribution in [0.2, 0.25) is 0 Å². The lowest BCUT2D eigenvalue weighted by atomic mass is 10.1. The van der Waals surface area contributed by atoms with Gasteiger partial charge in [-0.15, -0.1) is 0 Å². The molecule has 2 aromatic carbocycles. The van der Waals surface area contributed by atoms with Crippen molar-refractivity contribution < 1.29 is 9.53 Å². The first-order valence-electron chi connectivity index (χ1n) is 7.51. The summed E-state index contributed by atoms with van der Waals surface area (Å²) >= 11 is 0. The van der Waals surface area contributed by atoms with Gasteiger partial charge in [-0.25, -0.2) is 0 Å². The maximum absolute atomic E-state index is 12.3. The Morgan fingerprint density at radius 2 is 1.73 bits per heavy atom. The molecule has 1 saturated heterocycles. The lowest BCUT2D eigenvalue weighted by molar-refractivity contribution is -0.133. The fourth-order valence-electron chi connectivity index (χ4n) is 2.56. The average Bonchev–Trinajstić information content (AvgIpc) is 2.61. The zero-order valence-corrected chi connectivity index (χ0v) is 12.4. The van der Waals surface area contributed by atoms with E-state index in [0.717, 1.165) is 11.1 Å². The van der Waals surface area contributed by atoms with Gasteiger partial charge in [0.1, 0.15) is 6.10 Å². The summed E-state index contributed by atoms with van der Waals surface area (Å²) in [5.74, 6) is 0.0353. The highest BCUT2D eigenvalue weighted by atomic mass is 16.5. The number of rotatable bonds is 3. The standard InChI is InChI=1S/C19H19NO2/c21-19(12-11-16-7-3-1-4-8-16)20-13-14-22-18(15-20)17-9-5-2-6-10-17/h1-12,18H,13-15H2/b12-11+/t18-/m1/s1. The third kappa shape index (κ3) is 3.62. The Bertz CT molecular complexity index is 637. The zero-order chi connectivity index (χ0) is 15.2. The van der Waals surface area contributed by atoms with Crippen molar-refractivity contribution in [2.45, 2.75) is 6.10 Å². The summed E-state index contributed by atoms with van der Waals surface area (Å²) in [6.45, 7) is 1.81. The van der Waals surface area contributed by atoms with Gasteiger partial charge in [0, 0.05) is 12.6 Å². The Balaban J connectivity index is 1.64.